The van der Waals surface area contributed by atoms with Crippen LogP contribution in [0.4, 0.5) is 5.82 Å². The van der Waals surface area contributed by atoms with E-state index in [0.29, 0.717) is 11.1 Å². The van der Waals surface area contributed by atoms with Gasteiger partial charge in [0.15, 0.2) is 0 Å². The topological polar surface area (TPSA) is 50.7 Å². The molecule has 0 radical (unpaired) electrons. The van der Waals surface area contributed by atoms with E-state index in [2.05, 4.69) is 34.1 Å². The first-order valence-corrected chi connectivity index (χ1v) is 8.02. The molecule has 6 heteroatoms. The largest absolute Gasteiger partial charge is 0.369 e. The summed E-state index contributed by atoms with van der Waals surface area (Å²) in [5.41, 5.74) is 1.13. The second-order valence-electron chi connectivity index (χ2n) is 5.13. The minimum absolute atomic E-state index is 0.513. The van der Waals surface area contributed by atoms with Gasteiger partial charge in [-0.25, -0.2) is 15.0 Å². The molecule has 1 saturated carbocycles. The van der Waals surface area contributed by atoms with Crippen molar-refractivity contribution >= 4 is 28.8 Å². The van der Waals surface area contributed by atoms with Crippen molar-refractivity contribution in [1.29, 1.82) is 0 Å². The molecule has 3 rings (SSSR count). The maximum Gasteiger partial charge on any atom is 0.135 e. The molecular formula is C14H17ClN4S. The summed E-state index contributed by atoms with van der Waals surface area (Å²) in [6, 6.07) is 1.78. The fourth-order valence-electron chi connectivity index (χ4n) is 1.99. The average Bonchev–Trinajstić information content (AvgIpc) is 3.17. The molecule has 106 valence electrons. The van der Waals surface area contributed by atoms with Crippen molar-refractivity contribution in [2.24, 2.45) is 0 Å². The molecule has 0 amide bonds. The van der Waals surface area contributed by atoms with E-state index in [4.69, 9.17) is 11.6 Å². The van der Waals surface area contributed by atoms with Crippen molar-refractivity contribution < 1.29 is 0 Å². The van der Waals surface area contributed by atoms with Crippen molar-refractivity contribution in [3.8, 4) is 0 Å². The lowest BCUT2D eigenvalue weighted by atomic mass is 10.4. The lowest BCUT2D eigenvalue weighted by Crippen LogP contribution is -2.08. The Hall–Kier alpha value is -1.20. The number of halogens is 1. The van der Waals surface area contributed by atoms with Gasteiger partial charge in [-0.05, 0) is 26.7 Å². The summed E-state index contributed by atoms with van der Waals surface area (Å²) in [4.78, 5) is 14.6. The van der Waals surface area contributed by atoms with Crippen molar-refractivity contribution in [2.75, 3.05) is 11.9 Å². The van der Waals surface area contributed by atoms with Gasteiger partial charge in [-0.1, -0.05) is 11.6 Å². The lowest BCUT2D eigenvalue weighted by Gasteiger charge is -2.06. The maximum absolute atomic E-state index is 6.04. The van der Waals surface area contributed by atoms with Crippen molar-refractivity contribution in [1.82, 2.24) is 15.0 Å². The smallest absolute Gasteiger partial charge is 0.135 e. The summed E-state index contributed by atoms with van der Waals surface area (Å²) in [7, 11) is 0. The molecule has 2 heterocycles. The molecule has 2 aromatic heterocycles. The van der Waals surface area contributed by atoms with Crippen LogP contribution in [0.3, 0.4) is 0 Å². The van der Waals surface area contributed by atoms with Gasteiger partial charge in [0.2, 0.25) is 0 Å². The molecule has 0 atom stereocenters. The summed E-state index contributed by atoms with van der Waals surface area (Å²) in [5.74, 6) is 2.20. The first kappa shape index (κ1) is 13.8. The Balaban J connectivity index is 1.60. The third-order valence-corrected chi connectivity index (χ3v) is 4.70. The van der Waals surface area contributed by atoms with Gasteiger partial charge in [0, 0.05) is 29.8 Å². The third kappa shape index (κ3) is 3.27. The fourth-order valence-corrected chi connectivity index (χ4v) is 3.12. The molecule has 0 unspecified atom stereocenters. The van der Waals surface area contributed by atoms with Crippen LogP contribution in [-0.4, -0.2) is 21.5 Å². The van der Waals surface area contributed by atoms with Gasteiger partial charge >= 0.3 is 0 Å². The Morgan fingerprint density at radius 2 is 2.10 bits per heavy atom. The highest BCUT2D eigenvalue weighted by atomic mass is 35.5. The van der Waals surface area contributed by atoms with Crippen molar-refractivity contribution in [3.05, 3.63) is 32.6 Å². The van der Waals surface area contributed by atoms with Gasteiger partial charge in [-0.15, -0.1) is 11.3 Å². The standard InChI is InChI=1S/C14H17ClN4S/c1-8-9(2)20-13(17-8)5-6-16-12-7-11(15)18-14(19-12)10-3-4-10/h7,10H,3-6H2,1-2H3,(H,16,18,19). The van der Waals surface area contributed by atoms with Crippen LogP contribution < -0.4 is 5.32 Å². The monoisotopic (exact) mass is 308 g/mol. The number of rotatable bonds is 5. The zero-order valence-corrected chi connectivity index (χ0v) is 13.2. The molecule has 1 fully saturated rings. The second-order valence-corrected chi connectivity index (χ2v) is 6.81. The molecule has 1 aliphatic carbocycles. The summed E-state index contributed by atoms with van der Waals surface area (Å²) in [6.45, 7) is 4.97. The number of aryl methyl sites for hydroxylation is 2. The average molecular weight is 309 g/mol. The van der Waals surface area contributed by atoms with E-state index in [1.807, 2.05) is 0 Å². The molecule has 20 heavy (non-hydrogen) atoms. The van der Waals surface area contributed by atoms with Gasteiger partial charge in [0.25, 0.3) is 0 Å². The second kappa shape index (κ2) is 5.66. The normalized spacial score (nSPS) is 14.6. The molecule has 1 N–H and O–H groups in total. The number of aromatic nitrogens is 3. The molecule has 1 aliphatic rings. The van der Waals surface area contributed by atoms with Crippen LogP contribution in [0.25, 0.3) is 0 Å². The van der Waals surface area contributed by atoms with Crippen molar-refractivity contribution in [2.45, 2.75) is 39.0 Å². The van der Waals surface area contributed by atoms with E-state index in [0.717, 1.165) is 35.3 Å². The van der Waals surface area contributed by atoms with Crippen molar-refractivity contribution in [3.63, 3.8) is 0 Å². The van der Waals surface area contributed by atoms with Gasteiger partial charge in [-0.3, -0.25) is 0 Å². The maximum atomic E-state index is 6.04. The van der Waals surface area contributed by atoms with E-state index < -0.39 is 0 Å². The summed E-state index contributed by atoms with van der Waals surface area (Å²) >= 11 is 7.80. The molecular weight excluding hydrogens is 292 g/mol. The van der Waals surface area contributed by atoms with Gasteiger partial charge in [0.05, 0.1) is 10.7 Å². The summed E-state index contributed by atoms with van der Waals surface area (Å²) in [6.07, 6.45) is 3.26. The highest BCUT2D eigenvalue weighted by Crippen LogP contribution is 2.38. The minimum atomic E-state index is 0.513. The predicted molar refractivity (Wildman–Crippen MR) is 82.8 cm³/mol. The van der Waals surface area contributed by atoms with Crippen LogP contribution in [0.5, 0.6) is 0 Å². The third-order valence-electron chi connectivity index (χ3n) is 3.37. The van der Waals surface area contributed by atoms with Crippen LogP contribution in [0.15, 0.2) is 6.07 Å². The van der Waals surface area contributed by atoms with Gasteiger partial charge in [0.1, 0.15) is 16.8 Å². The Morgan fingerprint density at radius 1 is 1.30 bits per heavy atom. The number of hydrogen-bond acceptors (Lipinski definition) is 5. The molecule has 0 spiro atoms. The molecule has 2 aromatic rings. The van der Waals surface area contributed by atoms with E-state index in [-0.39, 0.29) is 0 Å². The van der Waals surface area contributed by atoms with E-state index in [1.165, 1.54) is 17.7 Å². The number of thiazole rings is 1. The van der Waals surface area contributed by atoms with Crippen LogP contribution in [0.2, 0.25) is 5.15 Å². The van der Waals surface area contributed by atoms with E-state index >= 15 is 0 Å². The number of hydrogen-bond donors (Lipinski definition) is 1. The highest BCUT2D eigenvalue weighted by Gasteiger charge is 2.27. The lowest BCUT2D eigenvalue weighted by molar-refractivity contribution is 0.912. The van der Waals surface area contributed by atoms with Gasteiger partial charge in [-0.2, -0.15) is 0 Å². The Labute approximate surface area is 127 Å². The molecule has 4 nitrogen and oxygen atoms in total. The molecule has 0 aliphatic heterocycles. The van der Waals surface area contributed by atoms with E-state index in [1.54, 1.807) is 17.4 Å². The van der Waals surface area contributed by atoms with Crippen LogP contribution in [0, 0.1) is 13.8 Å². The SMILES string of the molecule is Cc1nc(CCNc2cc(Cl)nc(C3CC3)n2)sc1C. The minimum Gasteiger partial charge on any atom is -0.369 e. The fraction of sp³-hybridized carbons (Fsp3) is 0.500. The Morgan fingerprint density at radius 3 is 2.75 bits per heavy atom. The summed E-state index contributed by atoms with van der Waals surface area (Å²) < 4.78 is 0. The first-order chi connectivity index (χ1) is 9.61. The predicted octanol–water partition coefficient (Wildman–Crippen LogP) is 3.74. The highest BCUT2D eigenvalue weighted by molar-refractivity contribution is 7.11. The number of nitrogens with one attached hydrogen (secondary N) is 1. The quantitative estimate of drug-likeness (QED) is 0.855. The van der Waals surface area contributed by atoms with Crippen LogP contribution in [0.1, 0.15) is 40.2 Å². The zero-order valence-electron chi connectivity index (χ0n) is 11.6. The molecule has 0 bridgehead atoms. The molecule has 0 saturated heterocycles. The van der Waals surface area contributed by atoms with Gasteiger partial charge < -0.3 is 5.32 Å². The number of nitrogens with zero attached hydrogens (tertiary/aromatic N) is 3. The molecule has 0 aromatic carbocycles. The van der Waals surface area contributed by atoms with Crippen LogP contribution in [-0.2, 0) is 6.42 Å². The summed E-state index contributed by atoms with van der Waals surface area (Å²) in [5, 5.41) is 5.00. The van der Waals surface area contributed by atoms with E-state index in [9.17, 15) is 0 Å². The first-order valence-electron chi connectivity index (χ1n) is 6.83. The number of anilines is 1. The van der Waals surface area contributed by atoms with Crippen LogP contribution >= 0.6 is 22.9 Å². The zero-order chi connectivity index (χ0) is 14.1. The Kier molecular flexibility index (Phi) is 3.89. The Bertz CT molecular complexity index is 602.